The normalized spacial score (nSPS) is 8.15. The van der Waals surface area contributed by atoms with Crippen LogP contribution in [-0.4, -0.2) is 22.5 Å². The summed E-state index contributed by atoms with van der Waals surface area (Å²) in [6.07, 6.45) is 1.91. The smallest absolute Gasteiger partial charge is 0.449 e. The molecule has 0 rings (SSSR count). The monoisotopic (exact) mass is 192 g/mol. The van der Waals surface area contributed by atoms with E-state index in [9.17, 15) is 9.59 Å². The Balaban J connectivity index is 0. The van der Waals surface area contributed by atoms with Gasteiger partial charge in [-0.3, -0.25) is 0 Å². The molecule has 0 spiro atoms. The van der Waals surface area contributed by atoms with Crippen LogP contribution in [0.15, 0.2) is 0 Å². The van der Waals surface area contributed by atoms with Gasteiger partial charge in [-0.05, 0) is 0 Å². The van der Waals surface area contributed by atoms with E-state index in [0.717, 1.165) is 0 Å². The van der Waals surface area contributed by atoms with Crippen molar-refractivity contribution in [2.75, 3.05) is 0 Å². The van der Waals surface area contributed by atoms with Gasteiger partial charge >= 0.3 is 12.3 Å². The van der Waals surface area contributed by atoms with Gasteiger partial charge in [0.25, 0.3) is 0 Å². The Morgan fingerprint density at radius 2 is 1.31 bits per heavy atom. The van der Waals surface area contributed by atoms with Gasteiger partial charge in [0.2, 0.25) is 0 Å². The van der Waals surface area contributed by atoms with Crippen LogP contribution < -0.4 is 0 Å². The minimum Gasteiger partial charge on any atom is -0.449 e. The summed E-state index contributed by atoms with van der Waals surface area (Å²) in [4.78, 5) is 18.4. The lowest BCUT2D eigenvalue weighted by Gasteiger charge is -1.86. The molecule has 0 unspecified atom stereocenters. The zero-order valence-electron chi connectivity index (χ0n) is 7.95. The van der Waals surface area contributed by atoms with E-state index in [1.165, 1.54) is 25.7 Å². The summed E-state index contributed by atoms with van der Waals surface area (Å²) in [7, 11) is 0. The molecule has 0 bridgehead atoms. The van der Waals surface area contributed by atoms with Crippen molar-refractivity contribution in [1.82, 2.24) is 0 Å². The fraction of sp³-hybridized carbons (Fsp3) is 0.750. The van der Waals surface area contributed by atoms with Crippen LogP contribution in [-0.2, 0) is 4.74 Å². The van der Waals surface area contributed by atoms with Gasteiger partial charge in [0.1, 0.15) is 0 Å². The minimum atomic E-state index is -1.81. The van der Waals surface area contributed by atoms with Gasteiger partial charge in [-0.2, -0.15) is 0 Å². The Labute approximate surface area is 77.3 Å². The number of carboxylic acid groups (broad SMARTS) is 2. The maximum absolute atomic E-state index is 9.21. The molecule has 5 nitrogen and oxygen atoms in total. The van der Waals surface area contributed by atoms with E-state index in [1.807, 2.05) is 0 Å². The minimum absolute atomic E-state index is 1.36. The summed E-state index contributed by atoms with van der Waals surface area (Å²) in [5.74, 6) is 0. The number of hydrogen-bond donors (Lipinski definition) is 2. The predicted molar refractivity (Wildman–Crippen MR) is 47.0 cm³/mol. The summed E-state index contributed by atoms with van der Waals surface area (Å²) in [5.41, 5.74) is 0. The van der Waals surface area contributed by atoms with Crippen LogP contribution in [0.2, 0.25) is 0 Å². The number of hydrogen-bond acceptors (Lipinski definition) is 3. The molecule has 0 saturated carbocycles. The molecule has 0 radical (unpaired) electrons. The predicted octanol–water partition coefficient (Wildman–Crippen LogP) is 2.95. The van der Waals surface area contributed by atoms with E-state index in [-0.39, 0.29) is 0 Å². The summed E-state index contributed by atoms with van der Waals surface area (Å²) in [6.45, 7) is 4.46. The zero-order valence-corrected chi connectivity index (χ0v) is 7.95. The topological polar surface area (TPSA) is 83.8 Å². The molecule has 13 heavy (non-hydrogen) atoms. The molecular weight excluding hydrogens is 176 g/mol. The summed E-state index contributed by atoms with van der Waals surface area (Å²) >= 11 is 0. The van der Waals surface area contributed by atoms with Crippen molar-refractivity contribution < 1.29 is 24.5 Å². The molecule has 0 saturated heterocycles. The van der Waals surface area contributed by atoms with E-state index in [4.69, 9.17) is 10.2 Å². The van der Waals surface area contributed by atoms with E-state index in [1.54, 1.807) is 0 Å². The van der Waals surface area contributed by atoms with E-state index < -0.39 is 12.3 Å². The molecule has 5 heteroatoms. The van der Waals surface area contributed by atoms with Crippen LogP contribution in [0.1, 0.15) is 39.5 Å². The molecule has 0 amide bonds. The molecule has 0 fully saturated rings. The van der Waals surface area contributed by atoms with Crippen molar-refractivity contribution in [3.05, 3.63) is 0 Å². The molecule has 0 aliphatic rings. The first-order valence-corrected chi connectivity index (χ1v) is 4.18. The maximum Gasteiger partial charge on any atom is 0.516 e. The van der Waals surface area contributed by atoms with Gasteiger partial charge in [-0.15, -0.1) is 0 Å². The fourth-order valence-electron chi connectivity index (χ4n) is 0.575. The third kappa shape index (κ3) is 24.9. The highest BCUT2D eigenvalue weighted by Crippen LogP contribution is 1.95. The second kappa shape index (κ2) is 10.7. The van der Waals surface area contributed by atoms with Crippen LogP contribution in [0.4, 0.5) is 9.59 Å². The second-order valence-corrected chi connectivity index (χ2v) is 2.34. The molecule has 0 aromatic carbocycles. The summed E-state index contributed by atoms with van der Waals surface area (Å²) < 4.78 is 3.08. The van der Waals surface area contributed by atoms with Crippen molar-refractivity contribution in [3.8, 4) is 0 Å². The van der Waals surface area contributed by atoms with E-state index in [2.05, 4.69) is 18.6 Å². The Kier molecular flexibility index (Phi) is 11.8. The average molecular weight is 192 g/mol. The SMILES string of the molecule is CCCCCC.O=C(O)OC(=O)O. The van der Waals surface area contributed by atoms with Gasteiger partial charge in [0, 0.05) is 0 Å². The first kappa shape index (κ1) is 14.3. The highest BCUT2D eigenvalue weighted by molar-refractivity contribution is 5.74. The number of carbonyl (C=O) groups is 2. The van der Waals surface area contributed by atoms with Crippen LogP contribution in [0.25, 0.3) is 0 Å². The van der Waals surface area contributed by atoms with Crippen molar-refractivity contribution in [2.24, 2.45) is 0 Å². The molecule has 0 atom stereocenters. The Bertz CT molecular complexity index is 127. The van der Waals surface area contributed by atoms with Crippen molar-refractivity contribution in [1.29, 1.82) is 0 Å². The quantitative estimate of drug-likeness (QED) is 0.408. The molecule has 0 aliphatic heterocycles. The van der Waals surface area contributed by atoms with Crippen molar-refractivity contribution >= 4 is 12.3 Å². The molecule has 0 aromatic heterocycles. The summed E-state index contributed by atoms with van der Waals surface area (Å²) in [5, 5.41) is 15.0. The molecular formula is C8H16O5. The average Bonchev–Trinajstić information content (AvgIpc) is 1.99. The maximum atomic E-state index is 9.21. The van der Waals surface area contributed by atoms with E-state index >= 15 is 0 Å². The van der Waals surface area contributed by atoms with Gasteiger partial charge in [0.05, 0.1) is 0 Å². The highest BCUT2D eigenvalue weighted by atomic mass is 16.7. The van der Waals surface area contributed by atoms with Crippen LogP contribution in [0, 0.1) is 0 Å². The zero-order chi connectivity index (χ0) is 10.7. The second-order valence-electron chi connectivity index (χ2n) is 2.34. The molecule has 0 aromatic rings. The van der Waals surface area contributed by atoms with Gasteiger partial charge in [0.15, 0.2) is 0 Å². The Hall–Kier alpha value is -1.26. The van der Waals surface area contributed by atoms with Gasteiger partial charge in [-0.25, -0.2) is 9.59 Å². The standard InChI is InChI=1S/C6H14.C2H2O5/c1-3-5-6-4-2;3-1(4)7-2(5)6/h3-6H2,1-2H3;(H,3,4)(H,5,6). The van der Waals surface area contributed by atoms with Crippen molar-refractivity contribution in [3.63, 3.8) is 0 Å². The summed E-state index contributed by atoms with van der Waals surface area (Å²) in [6, 6.07) is 0. The van der Waals surface area contributed by atoms with Crippen LogP contribution in [0.5, 0.6) is 0 Å². The van der Waals surface area contributed by atoms with Crippen LogP contribution in [0.3, 0.4) is 0 Å². The first-order chi connectivity index (χ1) is 6.04. The number of unbranched alkanes of at least 4 members (excludes halogenated alkanes) is 3. The molecule has 2 N–H and O–H groups in total. The molecule has 78 valence electrons. The highest BCUT2D eigenvalue weighted by Gasteiger charge is 2.01. The molecule has 0 heterocycles. The Morgan fingerprint density at radius 3 is 1.38 bits per heavy atom. The van der Waals surface area contributed by atoms with Crippen LogP contribution >= 0.6 is 0 Å². The Morgan fingerprint density at radius 1 is 1.00 bits per heavy atom. The lowest BCUT2D eigenvalue weighted by Crippen LogP contribution is -2.05. The lowest BCUT2D eigenvalue weighted by atomic mass is 10.2. The van der Waals surface area contributed by atoms with Gasteiger partial charge in [-0.1, -0.05) is 39.5 Å². The van der Waals surface area contributed by atoms with Gasteiger partial charge < -0.3 is 14.9 Å². The third-order valence-corrected chi connectivity index (χ3v) is 1.13. The third-order valence-electron chi connectivity index (χ3n) is 1.13. The number of ether oxygens (including phenoxy) is 1. The first-order valence-electron chi connectivity index (χ1n) is 4.18. The molecule has 0 aliphatic carbocycles. The largest absolute Gasteiger partial charge is 0.516 e. The van der Waals surface area contributed by atoms with E-state index in [0.29, 0.717) is 0 Å². The lowest BCUT2D eigenvalue weighted by molar-refractivity contribution is 0.0802. The fourth-order valence-corrected chi connectivity index (χ4v) is 0.575. The van der Waals surface area contributed by atoms with Crippen molar-refractivity contribution in [2.45, 2.75) is 39.5 Å². The number of rotatable bonds is 3.